The van der Waals surface area contributed by atoms with Crippen LogP contribution in [0, 0.1) is 0 Å². The molecule has 0 bridgehead atoms. The molecule has 1 fully saturated rings. The number of hydrogen-bond acceptors (Lipinski definition) is 4. The van der Waals surface area contributed by atoms with Crippen LogP contribution in [0.1, 0.15) is 30.9 Å². The van der Waals surface area contributed by atoms with Crippen molar-refractivity contribution in [3.8, 4) is 17.2 Å². The molecule has 0 saturated heterocycles. The van der Waals surface area contributed by atoms with Crippen LogP contribution in [0.25, 0.3) is 6.08 Å². The quantitative estimate of drug-likeness (QED) is 0.608. The molecule has 1 aliphatic carbocycles. The first-order chi connectivity index (χ1) is 13.6. The van der Waals surface area contributed by atoms with Crippen molar-refractivity contribution >= 4 is 12.0 Å². The van der Waals surface area contributed by atoms with Crippen molar-refractivity contribution in [2.45, 2.75) is 32.4 Å². The molecular weight excluding hydrogens is 354 g/mol. The summed E-state index contributed by atoms with van der Waals surface area (Å²) in [7, 11) is 3.26. The topological polar surface area (TPSA) is 48.0 Å². The molecule has 28 heavy (non-hydrogen) atoms. The third-order valence-electron chi connectivity index (χ3n) is 4.69. The van der Waals surface area contributed by atoms with E-state index in [1.165, 1.54) is 0 Å². The van der Waals surface area contributed by atoms with Gasteiger partial charge in [-0.15, -0.1) is 0 Å². The SMILES string of the molecule is CCOc1cc(/C=C/C(=O)N(Cc2ccc(OC)cc2)C2CC2)ccc1OC. The van der Waals surface area contributed by atoms with Crippen LogP contribution in [0.15, 0.2) is 48.5 Å². The Bertz CT molecular complexity index is 825. The van der Waals surface area contributed by atoms with E-state index in [1.54, 1.807) is 20.3 Å². The number of nitrogens with zero attached hydrogens (tertiary/aromatic N) is 1. The molecule has 2 aromatic rings. The van der Waals surface area contributed by atoms with Gasteiger partial charge in [0.2, 0.25) is 5.91 Å². The van der Waals surface area contributed by atoms with E-state index in [9.17, 15) is 4.79 Å². The number of benzene rings is 2. The van der Waals surface area contributed by atoms with Gasteiger partial charge in [0.05, 0.1) is 20.8 Å². The number of methoxy groups -OCH3 is 2. The predicted molar refractivity (Wildman–Crippen MR) is 110 cm³/mol. The number of rotatable bonds is 9. The summed E-state index contributed by atoms with van der Waals surface area (Å²) in [6.07, 6.45) is 5.59. The Balaban J connectivity index is 1.70. The number of ether oxygens (including phenoxy) is 3. The fraction of sp³-hybridized carbons (Fsp3) is 0.348. The van der Waals surface area contributed by atoms with Gasteiger partial charge in [0.25, 0.3) is 0 Å². The van der Waals surface area contributed by atoms with E-state index >= 15 is 0 Å². The van der Waals surface area contributed by atoms with Gasteiger partial charge in [-0.1, -0.05) is 18.2 Å². The average Bonchev–Trinajstić information content (AvgIpc) is 3.56. The van der Waals surface area contributed by atoms with Gasteiger partial charge >= 0.3 is 0 Å². The van der Waals surface area contributed by atoms with Crippen LogP contribution in [-0.4, -0.2) is 37.7 Å². The summed E-state index contributed by atoms with van der Waals surface area (Å²) in [5, 5.41) is 0. The Morgan fingerprint density at radius 2 is 1.82 bits per heavy atom. The molecule has 1 aliphatic rings. The molecule has 5 heteroatoms. The molecule has 1 amide bonds. The summed E-state index contributed by atoms with van der Waals surface area (Å²) < 4.78 is 16.1. The number of carbonyl (C=O) groups excluding carboxylic acids is 1. The van der Waals surface area contributed by atoms with E-state index in [-0.39, 0.29) is 5.91 Å². The Morgan fingerprint density at radius 3 is 2.43 bits per heavy atom. The number of hydrogen-bond donors (Lipinski definition) is 0. The standard InChI is InChI=1S/C23H27NO4/c1-4-28-22-15-17(7-13-21(22)27-3)8-14-23(25)24(19-9-10-19)16-18-5-11-20(26-2)12-6-18/h5-8,11-15,19H,4,9-10,16H2,1-3H3/b14-8+. The third-order valence-corrected chi connectivity index (χ3v) is 4.69. The fourth-order valence-corrected chi connectivity index (χ4v) is 3.03. The number of amides is 1. The van der Waals surface area contributed by atoms with Gasteiger partial charge in [0, 0.05) is 18.7 Å². The maximum absolute atomic E-state index is 12.8. The largest absolute Gasteiger partial charge is 0.497 e. The molecule has 0 heterocycles. The molecule has 2 aromatic carbocycles. The van der Waals surface area contributed by atoms with Crippen molar-refractivity contribution in [2.75, 3.05) is 20.8 Å². The zero-order chi connectivity index (χ0) is 19.9. The first-order valence-corrected chi connectivity index (χ1v) is 9.57. The zero-order valence-corrected chi connectivity index (χ0v) is 16.7. The molecule has 0 N–H and O–H groups in total. The Kier molecular flexibility index (Phi) is 6.58. The first-order valence-electron chi connectivity index (χ1n) is 9.57. The molecule has 0 unspecified atom stereocenters. The molecule has 3 rings (SSSR count). The van der Waals surface area contributed by atoms with Crippen molar-refractivity contribution in [1.82, 2.24) is 4.90 Å². The summed E-state index contributed by atoms with van der Waals surface area (Å²) in [6.45, 7) is 3.09. The van der Waals surface area contributed by atoms with Crippen LogP contribution in [0.3, 0.4) is 0 Å². The Morgan fingerprint density at radius 1 is 1.07 bits per heavy atom. The van der Waals surface area contributed by atoms with Crippen LogP contribution >= 0.6 is 0 Å². The maximum atomic E-state index is 12.8. The van der Waals surface area contributed by atoms with Crippen molar-refractivity contribution in [3.05, 3.63) is 59.7 Å². The summed E-state index contributed by atoms with van der Waals surface area (Å²) in [6, 6.07) is 13.8. The van der Waals surface area contributed by atoms with E-state index in [0.717, 1.165) is 29.7 Å². The molecule has 1 saturated carbocycles. The van der Waals surface area contributed by atoms with Crippen molar-refractivity contribution in [3.63, 3.8) is 0 Å². The molecule has 0 aromatic heterocycles. The molecule has 0 spiro atoms. The fourth-order valence-electron chi connectivity index (χ4n) is 3.03. The smallest absolute Gasteiger partial charge is 0.247 e. The number of carbonyl (C=O) groups is 1. The highest BCUT2D eigenvalue weighted by Gasteiger charge is 2.31. The van der Waals surface area contributed by atoms with Crippen molar-refractivity contribution < 1.29 is 19.0 Å². The second-order valence-electron chi connectivity index (χ2n) is 6.72. The van der Waals surface area contributed by atoms with Crippen LogP contribution in [0.5, 0.6) is 17.2 Å². The molecular formula is C23H27NO4. The Labute approximate surface area is 166 Å². The summed E-state index contributed by atoms with van der Waals surface area (Å²) in [5.74, 6) is 2.20. The van der Waals surface area contributed by atoms with Gasteiger partial charge in [-0.2, -0.15) is 0 Å². The lowest BCUT2D eigenvalue weighted by Gasteiger charge is -2.21. The molecule has 148 valence electrons. The summed E-state index contributed by atoms with van der Waals surface area (Å²) >= 11 is 0. The van der Waals surface area contributed by atoms with Gasteiger partial charge in [0.15, 0.2) is 11.5 Å². The lowest BCUT2D eigenvalue weighted by molar-refractivity contribution is -0.127. The van der Waals surface area contributed by atoms with Crippen LogP contribution in [-0.2, 0) is 11.3 Å². The third kappa shape index (κ3) is 5.06. The highest BCUT2D eigenvalue weighted by atomic mass is 16.5. The summed E-state index contributed by atoms with van der Waals surface area (Å²) in [4.78, 5) is 14.8. The second kappa shape index (κ2) is 9.31. The van der Waals surface area contributed by atoms with E-state index in [4.69, 9.17) is 14.2 Å². The van der Waals surface area contributed by atoms with Gasteiger partial charge in [-0.25, -0.2) is 0 Å². The Hall–Kier alpha value is -2.95. The normalized spacial score (nSPS) is 13.4. The van der Waals surface area contributed by atoms with Crippen molar-refractivity contribution in [1.29, 1.82) is 0 Å². The minimum absolute atomic E-state index is 0.0205. The van der Waals surface area contributed by atoms with Crippen LogP contribution in [0.4, 0.5) is 0 Å². The molecule has 0 atom stereocenters. The highest BCUT2D eigenvalue weighted by molar-refractivity contribution is 5.92. The molecule has 5 nitrogen and oxygen atoms in total. The van der Waals surface area contributed by atoms with E-state index in [1.807, 2.05) is 60.4 Å². The van der Waals surface area contributed by atoms with Gasteiger partial charge < -0.3 is 19.1 Å². The summed E-state index contributed by atoms with van der Waals surface area (Å²) in [5.41, 5.74) is 2.00. The van der Waals surface area contributed by atoms with Crippen molar-refractivity contribution in [2.24, 2.45) is 0 Å². The second-order valence-corrected chi connectivity index (χ2v) is 6.72. The van der Waals surface area contributed by atoms with E-state index in [2.05, 4.69) is 0 Å². The maximum Gasteiger partial charge on any atom is 0.247 e. The minimum atomic E-state index is 0.0205. The monoisotopic (exact) mass is 381 g/mol. The van der Waals surface area contributed by atoms with Crippen LogP contribution < -0.4 is 14.2 Å². The van der Waals surface area contributed by atoms with Gasteiger partial charge in [0.1, 0.15) is 5.75 Å². The first kappa shape index (κ1) is 19.8. The average molecular weight is 381 g/mol. The van der Waals surface area contributed by atoms with E-state index < -0.39 is 0 Å². The lowest BCUT2D eigenvalue weighted by atomic mass is 10.1. The minimum Gasteiger partial charge on any atom is -0.497 e. The molecule has 0 aliphatic heterocycles. The lowest BCUT2D eigenvalue weighted by Crippen LogP contribution is -2.31. The van der Waals surface area contributed by atoms with E-state index in [0.29, 0.717) is 30.7 Å². The van der Waals surface area contributed by atoms with Gasteiger partial charge in [-0.3, -0.25) is 4.79 Å². The van der Waals surface area contributed by atoms with Crippen LogP contribution in [0.2, 0.25) is 0 Å². The molecule has 0 radical (unpaired) electrons. The predicted octanol–water partition coefficient (Wildman–Crippen LogP) is 4.31. The van der Waals surface area contributed by atoms with Gasteiger partial charge in [-0.05, 0) is 61.2 Å². The highest BCUT2D eigenvalue weighted by Crippen LogP contribution is 2.30. The zero-order valence-electron chi connectivity index (χ0n) is 16.7.